The molecular formula is C13H21N3O3S2. The quantitative estimate of drug-likeness (QED) is 0.496. The van der Waals surface area contributed by atoms with Gasteiger partial charge in [-0.2, -0.15) is 0 Å². The molecule has 0 fully saturated rings. The highest BCUT2D eigenvalue weighted by molar-refractivity contribution is 7.89. The van der Waals surface area contributed by atoms with E-state index in [2.05, 4.69) is 4.72 Å². The van der Waals surface area contributed by atoms with Crippen molar-refractivity contribution in [3.63, 3.8) is 0 Å². The molecule has 8 heteroatoms. The van der Waals surface area contributed by atoms with Crippen LogP contribution in [0.15, 0.2) is 29.2 Å². The van der Waals surface area contributed by atoms with Crippen molar-refractivity contribution >= 4 is 27.2 Å². The van der Waals surface area contributed by atoms with Gasteiger partial charge < -0.3 is 15.4 Å². The number of rotatable bonds is 9. The molecule has 0 unspecified atom stereocenters. The fourth-order valence-electron chi connectivity index (χ4n) is 1.48. The molecule has 0 heterocycles. The second-order valence-electron chi connectivity index (χ2n) is 4.70. The number of nitrogens with two attached hydrogens (primary N) is 1. The number of sulfonamides is 1. The molecule has 0 radical (unpaired) electrons. The number of ether oxygens (including phenoxy) is 1. The summed E-state index contributed by atoms with van der Waals surface area (Å²) in [4.78, 5) is 2.41. The van der Waals surface area contributed by atoms with Crippen LogP contribution in [0.2, 0.25) is 0 Å². The molecule has 0 saturated carbocycles. The van der Waals surface area contributed by atoms with Gasteiger partial charge in [-0.3, -0.25) is 0 Å². The van der Waals surface area contributed by atoms with Crippen molar-refractivity contribution in [1.82, 2.24) is 9.62 Å². The molecule has 0 amide bonds. The first-order valence-corrected chi connectivity index (χ1v) is 8.34. The number of nitrogens with zero attached hydrogens (tertiary/aromatic N) is 1. The second kappa shape index (κ2) is 8.40. The molecule has 3 N–H and O–H groups in total. The summed E-state index contributed by atoms with van der Waals surface area (Å²) in [5.74, 6) is 0. The van der Waals surface area contributed by atoms with Crippen molar-refractivity contribution in [1.29, 1.82) is 0 Å². The number of hydrogen-bond acceptors (Lipinski definition) is 5. The first kappa shape index (κ1) is 18.0. The van der Waals surface area contributed by atoms with E-state index >= 15 is 0 Å². The number of hydrogen-bond donors (Lipinski definition) is 2. The molecule has 0 saturated heterocycles. The van der Waals surface area contributed by atoms with E-state index < -0.39 is 10.0 Å². The van der Waals surface area contributed by atoms with Gasteiger partial charge in [0.15, 0.2) is 0 Å². The van der Waals surface area contributed by atoms with Gasteiger partial charge in [-0.15, -0.1) is 0 Å². The summed E-state index contributed by atoms with van der Waals surface area (Å²) in [5.41, 5.74) is 6.10. The lowest BCUT2D eigenvalue weighted by molar-refractivity contribution is 0.122. The molecule has 0 aliphatic carbocycles. The highest BCUT2D eigenvalue weighted by Crippen LogP contribution is 2.10. The van der Waals surface area contributed by atoms with Crippen LogP contribution in [0.5, 0.6) is 0 Å². The maximum Gasteiger partial charge on any atom is 0.240 e. The predicted octanol–water partition coefficient (Wildman–Crippen LogP) is 0.177. The smallest absolute Gasteiger partial charge is 0.240 e. The molecule has 118 valence electrons. The van der Waals surface area contributed by atoms with Gasteiger partial charge in [-0.1, -0.05) is 24.4 Å². The van der Waals surface area contributed by atoms with Crippen LogP contribution in [0.3, 0.4) is 0 Å². The highest BCUT2D eigenvalue weighted by atomic mass is 32.2. The second-order valence-corrected chi connectivity index (χ2v) is 6.91. The monoisotopic (exact) mass is 331 g/mol. The van der Waals surface area contributed by atoms with Gasteiger partial charge in [0.1, 0.15) is 4.99 Å². The van der Waals surface area contributed by atoms with Gasteiger partial charge in [-0.05, 0) is 26.2 Å². The van der Waals surface area contributed by atoms with Crippen molar-refractivity contribution in [2.45, 2.75) is 4.90 Å². The van der Waals surface area contributed by atoms with Gasteiger partial charge in [0.25, 0.3) is 0 Å². The van der Waals surface area contributed by atoms with E-state index in [0.717, 1.165) is 6.54 Å². The van der Waals surface area contributed by atoms with E-state index in [0.29, 0.717) is 18.8 Å². The normalized spacial score (nSPS) is 11.8. The third-order valence-corrected chi connectivity index (χ3v) is 4.38. The molecule has 0 aliphatic rings. The van der Waals surface area contributed by atoms with Crippen LogP contribution in [0, 0.1) is 0 Å². The van der Waals surface area contributed by atoms with Crippen LogP contribution in [0.25, 0.3) is 0 Å². The number of thiocarbonyl (C=S) groups is 1. The summed E-state index contributed by atoms with van der Waals surface area (Å²) >= 11 is 4.82. The van der Waals surface area contributed by atoms with E-state index in [1.165, 1.54) is 12.1 Å². The first-order valence-electron chi connectivity index (χ1n) is 6.45. The van der Waals surface area contributed by atoms with Crippen molar-refractivity contribution in [2.75, 3.05) is 40.4 Å². The van der Waals surface area contributed by atoms with Crippen LogP contribution >= 0.6 is 12.2 Å². The minimum atomic E-state index is -3.53. The maximum absolute atomic E-state index is 12.0. The fraction of sp³-hybridized carbons (Fsp3) is 0.462. The Hall–Kier alpha value is -1.06. The lowest BCUT2D eigenvalue weighted by Crippen LogP contribution is -2.28. The SMILES string of the molecule is CN(C)CCOCCNS(=O)(=O)c1ccc(C(N)=S)cc1. The lowest BCUT2D eigenvalue weighted by Gasteiger charge is -2.10. The van der Waals surface area contributed by atoms with E-state index in [1.54, 1.807) is 12.1 Å². The molecule has 0 aromatic heterocycles. The molecule has 0 atom stereocenters. The molecule has 1 aromatic rings. The van der Waals surface area contributed by atoms with Gasteiger partial charge in [0.05, 0.1) is 18.1 Å². The summed E-state index contributed by atoms with van der Waals surface area (Å²) in [6, 6.07) is 6.13. The maximum atomic E-state index is 12.0. The Labute approximate surface area is 131 Å². The van der Waals surface area contributed by atoms with Crippen LogP contribution < -0.4 is 10.5 Å². The molecular weight excluding hydrogens is 310 g/mol. The Morgan fingerprint density at radius 2 is 1.90 bits per heavy atom. The van der Waals surface area contributed by atoms with Crippen molar-refractivity contribution in [3.8, 4) is 0 Å². The van der Waals surface area contributed by atoms with Gasteiger partial charge in [0.2, 0.25) is 10.0 Å². The van der Waals surface area contributed by atoms with E-state index in [9.17, 15) is 8.42 Å². The third kappa shape index (κ3) is 6.49. The standard InChI is InChI=1S/C13H21N3O3S2/c1-16(2)8-10-19-9-7-15-21(17,18)12-5-3-11(4-6-12)13(14)20/h3-6,15H,7-10H2,1-2H3,(H2,14,20). The lowest BCUT2D eigenvalue weighted by atomic mass is 10.2. The number of likely N-dealkylation sites (N-methyl/N-ethyl adjacent to an activating group) is 1. The summed E-state index contributed by atoms with van der Waals surface area (Å²) in [6.45, 7) is 1.93. The zero-order valence-electron chi connectivity index (χ0n) is 12.2. The predicted molar refractivity (Wildman–Crippen MR) is 86.9 cm³/mol. The summed E-state index contributed by atoms with van der Waals surface area (Å²) in [7, 11) is 0.364. The Morgan fingerprint density at radius 1 is 1.29 bits per heavy atom. The Balaban J connectivity index is 2.44. The molecule has 1 rings (SSSR count). The zero-order chi connectivity index (χ0) is 15.9. The van der Waals surface area contributed by atoms with E-state index in [1.807, 2.05) is 19.0 Å². The zero-order valence-corrected chi connectivity index (χ0v) is 13.8. The summed E-state index contributed by atoms with van der Waals surface area (Å²) in [5, 5.41) is 0. The Bertz CT molecular complexity index is 557. The summed E-state index contributed by atoms with van der Waals surface area (Å²) < 4.78 is 31.8. The Morgan fingerprint density at radius 3 is 2.43 bits per heavy atom. The van der Waals surface area contributed by atoms with Crippen LogP contribution in [-0.4, -0.2) is 58.7 Å². The van der Waals surface area contributed by atoms with Crippen molar-refractivity contribution in [3.05, 3.63) is 29.8 Å². The van der Waals surface area contributed by atoms with Crippen LogP contribution in [-0.2, 0) is 14.8 Å². The molecule has 6 nitrogen and oxygen atoms in total. The average molecular weight is 331 g/mol. The molecule has 0 spiro atoms. The largest absolute Gasteiger partial charge is 0.389 e. The van der Waals surface area contributed by atoms with Crippen molar-refractivity contribution in [2.24, 2.45) is 5.73 Å². The fourth-order valence-corrected chi connectivity index (χ4v) is 2.63. The number of nitrogens with one attached hydrogen (secondary N) is 1. The van der Waals surface area contributed by atoms with Gasteiger partial charge in [0, 0.05) is 18.7 Å². The molecule has 0 aliphatic heterocycles. The first-order chi connectivity index (χ1) is 9.83. The number of benzene rings is 1. The molecule has 21 heavy (non-hydrogen) atoms. The third-order valence-electron chi connectivity index (χ3n) is 2.67. The van der Waals surface area contributed by atoms with Crippen LogP contribution in [0.1, 0.15) is 5.56 Å². The van der Waals surface area contributed by atoms with Gasteiger partial charge >= 0.3 is 0 Å². The minimum Gasteiger partial charge on any atom is -0.389 e. The molecule has 0 bridgehead atoms. The van der Waals surface area contributed by atoms with E-state index in [4.69, 9.17) is 22.7 Å². The summed E-state index contributed by atoms with van der Waals surface area (Å²) in [6.07, 6.45) is 0. The van der Waals surface area contributed by atoms with E-state index in [-0.39, 0.29) is 16.4 Å². The topological polar surface area (TPSA) is 84.7 Å². The van der Waals surface area contributed by atoms with Crippen LogP contribution in [0.4, 0.5) is 0 Å². The van der Waals surface area contributed by atoms with Crippen molar-refractivity contribution < 1.29 is 13.2 Å². The Kier molecular flexibility index (Phi) is 7.20. The minimum absolute atomic E-state index is 0.177. The van der Waals surface area contributed by atoms with Gasteiger partial charge in [-0.25, -0.2) is 13.1 Å². The highest BCUT2D eigenvalue weighted by Gasteiger charge is 2.13. The average Bonchev–Trinajstić information content (AvgIpc) is 2.42. The molecule has 1 aromatic carbocycles.